The average Bonchev–Trinajstić information content (AvgIpc) is 2.65. The van der Waals surface area contributed by atoms with Crippen molar-refractivity contribution in [1.82, 2.24) is 0 Å². The zero-order valence-corrected chi connectivity index (χ0v) is 19.1. The lowest BCUT2D eigenvalue weighted by Crippen LogP contribution is -2.51. The molecule has 9 heteroatoms. The zero-order chi connectivity index (χ0) is 22.9. The summed E-state index contributed by atoms with van der Waals surface area (Å²) in [6.07, 6.45) is 0.364. The zero-order valence-electron chi connectivity index (χ0n) is 18.2. The average molecular weight is 446 g/mol. The SMILES string of the molecule is CC(=O)N1c2ccc(-c3ccc(NS(C)(=O)=O)cc3)cc2N(C(=O)OC(C)C)CC1C. The second-order valence-corrected chi connectivity index (χ2v) is 9.68. The van der Waals surface area contributed by atoms with Crippen molar-refractivity contribution in [1.29, 1.82) is 0 Å². The van der Waals surface area contributed by atoms with Crippen LogP contribution in [0.5, 0.6) is 0 Å². The summed E-state index contributed by atoms with van der Waals surface area (Å²) in [5.41, 5.74) is 3.36. The van der Waals surface area contributed by atoms with Gasteiger partial charge in [0, 0.05) is 19.2 Å². The van der Waals surface area contributed by atoms with Gasteiger partial charge in [0.1, 0.15) is 0 Å². The quantitative estimate of drug-likeness (QED) is 0.772. The minimum atomic E-state index is -3.36. The van der Waals surface area contributed by atoms with Gasteiger partial charge >= 0.3 is 6.09 Å². The molecular formula is C22H27N3O5S. The van der Waals surface area contributed by atoms with Gasteiger partial charge in [-0.05, 0) is 56.2 Å². The first-order valence-electron chi connectivity index (χ1n) is 9.96. The number of carbonyl (C=O) groups excluding carboxylic acids is 2. The lowest BCUT2D eigenvalue weighted by molar-refractivity contribution is -0.117. The highest BCUT2D eigenvalue weighted by Gasteiger charge is 2.34. The van der Waals surface area contributed by atoms with Crippen LogP contribution in [0, 0.1) is 0 Å². The molecule has 0 bridgehead atoms. The van der Waals surface area contributed by atoms with Gasteiger partial charge in [0.2, 0.25) is 15.9 Å². The van der Waals surface area contributed by atoms with Crippen molar-refractivity contribution in [2.75, 3.05) is 27.3 Å². The van der Waals surface area contributed by atoms with E-state index in [0.29, 0.717) is 23.6 Å². The predicted octanol–water partition coefficient (Wildman–Crippen LogP) is 3.83. The Labute approximate surface area is 182 Å². The summed E-state index contributed by atoms with van der Waals surface area (Å²) < 4.78 is 30.7. The normalized spacial score (nSPS) is 16.1. The molecule has 1 N–H and O–H groups in total. The van der Waals surface area contributed by atoms with E-state index in [1.807, 2.05) is 25.1 Å². The Morgan fingerprint density at radius 2 is 1.68 bits per heavy atom. The number of carbonyl (C=O) groups is 2. The largest absolute Gasteiger partial charge is 0.446 e. The highest BCUT2D eigenvalue weighted by Crippen LogP contribution is 2.39. The molecule has 3 rings (SSSR count). The van der Waals surface area contributed by atoms with E-state index in [9.17, 15) is 18.0 Å². The maximum Gasteiger partial charge on any atom is 0.414 e. The van der Waals surface area contributed by atoms with Crippen LogP contribution in [0.1, 0.15) is 27.7 Å². The topological polar surface area (TPSA) is 96.0 Å². The van der Waals surface area contributed by atoms with E-state index < -0.39 is 16.1 Å². The summed E-state index contributed by atoms with van der Waals surface area (Å²) in [5, 5.41) is 0. The molecule has 2 amide bonds. The van der Waals surface area contributed by atoms with Gasteiger partial charge in [-0.3, -0.25) is 14.4 Å². The maximum atomic E-state index is 12.8. The van der Waals surface area contributed by atoms with E-state index in [1.165, 1.54) is 6.92 Å². The second-order valence-electron chi connectivity index (χ2n) is 7.94. The third-order valence-electron chi connectivity index (χ3n) is 4.83. The van der Waals surface area contributed by atoms with Crippen LogP contribution in [-0.4, -0.2) is 45.4 Å². The van der Waals surface area contributed by atoms with Gasteiger partial charge in [-0.15, -0.1) is 0 Å². The molecule has 8 nitrogen and oxygen atoms in total. The molecule has 1 heterocycles. The summed E-state index contributed by atoms with van der Waals surface area (Å²) in [6.45, 7) is 7.29. The first-order chi connectivity index (χ1) is 14.5. The Morgan fingerprint density at radius 1 is 1.06 bits per heavy atom. The number of nitrogens with one attached hydrogen (secondary N) is 1. The van der Waals surface area contributed by atoms with E-state index >= 15 is 0 Å². The van der Waals surface area contributed by atoms with Gasteiger partial charge in [-0.25, -0.2) is 13.2 Å². The van der Waals surface area contributed by atoms with Gasteiger partial charge in [-0.2, -0.15) is 0 Å². The van der Waals surface area contributed by atoms with Crippen LogP contribution in [0.3, 0.4) is 0 Å². The number of hydrogen-bond donors (Lipinski definition) is 1. The highest BCUT2D eigenvalue weighted by molar-refractivity contribution is 7.92. The van der Waals surface area contributed by atoms with E-state index in [-0.39, 0.29) is 18.1 Å². The van der Waals surface area contributed by atoms with Crippen molar-refractivity contribution in [3.05, 3.63) is 42.5 Å². The monoisotopic (exact) mass is 445 g/mol. The van der Waals surface area contributed by atoms with Crippen molar-refractivity contribution in [3.8, 4) is 11.1 Å². The highest BCUT2D eigenvalue weighted by atomic mass is 32.2. The van der Waals surface area contributed by atoms with E-state index in [4.69, 9.17) is 4.74 Å². The third-order valence-corrected chi connectivity index (χ3v) is 5.44. The standard InChI is InChI=1S/C22H27N3O5S/c1-14(2)30-22(27)24-13-15(3)25(16(4)26)20-11-8-18(12-21(20)24)17-6-9-19(10-7-17)23-31(5,28)29/h6-12,14-15,23H,13H2,1-5H3. The number of fused-ring (bicyclic) bond motifs is 1. The smallest absolute Gasteiger partial charge is 0.414 e. The molecule has 0 aromatic heterocycles. The third kappa shape index (κ3) is 5.16. The second kappa shape index (κ2) is 8.58. The molecule has 1 aliphatic rings. The Morgan fingerprint density at radius 3 is 2.23 bits per heavy atom. The van der Waals surface area contributed by atoms with E-state index in [0.717, 1.165) is 17.4 Å². The summed E-state index contributed by atoms with van der Waals surface area (Å²) in [6, 6.07) is 12.3. The van der Waals surface area contributed by atoms with Gasteiger partial charge < -0.3 is 9.64 Å². The molecular weight excluding hydrogens is 418 g/mol. The first-order valence-corrected chi connectivity index (χ1v) is 11.9. The van der Waals surface area contributed by atoms with Crippen LogP contribution in [0.15, 0.2) is 42.5 Å². The van der Waals surface area contributed by atoms with Crippen molar-refractivity contribution in [2.45, 2.75) is 39.8 Å². The summed E-state index contributed by atoms with van der Waals surface area (Å²) >= 11 is 0. The van der Waals surface area contributed by atoms with Crippen molar-refractivity contribution in [3.63, 3.8) is 0 Å². The first kappa shape index (κ1) is 22.6. The number of benzene rings is 2. The van der Waals surface area contributed by atoms with Crippen LogP contribution < -0.4 is 14.5 Å². The molecule has 0 aliphatic carbocycles. The van der Waals surface area contributed by atoms with Crippen LogP contribution in [0.4, 0.5) is 21.9 Å². The van der Waals surface area contributed by atoms with Crippen molar-refractivity contribution in [2.24, 2.45) is 0 Å². The lowest BCUT2D eigenvalue weighted by Gasteiger charge is -2.40. The minimum Gasteiger partial charge on any atom is -0.446 e. The molecule has 2 aromatic rings. The molecule has 1 unspecified atom stereocenters. The Balaban J connectivity index is 2.03. The number of hydrogen-bond acceptors (Lipinski definition) is 5. The lowest BCUT2D eigenvalue weighted by atomic mass is 10.0. The predicted molar refractivity (Wildman–Crippen MR) is 122 cm³/mol. The molecule has 0 saturated carbocycles. The Bertz CT molecular complexity index is 1100. The Hall–Kier alpha value is -3.07. The fraction of sp³-hybridized carbons (Fsp3) is 0.364. The van der Waals surface area contributed by atoms with Crippen LogP contribution in [0.25, 0.3) is 11.1 Å². The summed E-state index contributed by atoms with van der Waals surface area (Å²) in [4.78, 5) is 28.3. The van der Waals surface area contributed by atoms with E-state index in [2.05, 4.69) is 4.72 Å². The number of nitrogens with zero attached hydrogens (tertiary/aromatic N) is 2. The van der Waals surface area contributed by atoms with Gasteiger partial charge in [0.25, 0.3) is 0 Å². The molecule has 166 valence electrons. The number of amides is 2. The summed E-state index contributed by atoms with van der Waals surface area (Å²) in [7, 11) is -3.36. The molecule has 1 aliphatic heterocycles. The van der Waals surface area contributed by atoms with Crippen molar-refractivity contribution >= 4 is 39.1 Å². The Kier molecular flexibility index (Phi) is 6.26. The van der Waals surface area contributed by atoms with E-state index in [1.54, 1.807) is 47.9 Å². The fourth-order valence-corrected chi connectivity index (χ4v) is 4.23. The molecule has 0 fully saturated rings. The molecule has 1 atom stereocenters. The van der Waals surface area contributed by atoms with Gasteiger partial charge in [0.15, 0.2) is 0 Å². The fourth-order valence-electron chi connectivity index (χ4n) is 3.67. The van der Waals surface area contributed by atoms with Crippen molar-refractivity contribution < 1.29 is 22.7 Å². The summed E-state index contributed by atoms with van der Waals surface area (Å²) in [5.74, 6) is -0.102. The molecule has 2 aromatic carbocycles. The number of sulfonamides is 1. The van der Waals surface area contributed by atoms with Crippen LogP contribution in [-0.2, 0) is 19.6 Å². The molecule has 0 spiro atoms. The number of rotatable bonds is 4. The van der Waals surface area contributed by atoms with Gasteiger partial charge in [-0.1, -0.05) is 18.2 Å². The minimum absolute atomic E-state index is 0.102. The van der Waals surface area contributed by atoms with Gasteiger partial charge in [0.05, 0.1) is 29.8 Å². The number of anilines is 3. The molecule has 31 heavy (non-hydrogen) atoms. The number of ether oxygens (including phenoxy) is 1. The van der Waals surface area contributed by atoms with Crippen LogP contribution in [0.2, 0.25) is 0 Å². The maximum absolute atomic E-state index is 12.8. The molecule has 0 saturated heterocycles. The van der Waals surface area contributed by atoms with Crippen LogP contribution >= 0.6 is 0 Å². The molecule has 0 radical (unpaired) electrons.